The molecule has 1 amide bonds. The van der Waals surface area contributed by atoms with E-state index < -0.39 is 17.6 Å². The number of amides is 1. The molecule has 0 heterocycles. The van der Waals surface area contributed by atoms with Crippen molar-refractivity contribution in [1.82, 2.24) is 4.90 Å². The number of halogens is 2. The number of carbonyl (C=O) groups excluding carboxylic acids is 1. The smallest absolute Gasteiger partial charge is 0.303 e. The quantitative estimate of drug-likeness (QED) is 0.783. The predicted molar refractivity (Wildman–Crippen MR) is 68.9 cm³/mol. The maximum Gasteiger partial charge on any atom is 0.303 e. The highest BCUT2D eigenvalue weighted by molar-refractivity contribution is 5.75. The van der Waals surface area contributed by atoms with E-state index in [0.29, 0.717) is 18.4 Å². The summed E-state index contributed by atoms with van der Waals surface area (Å²) in [4.78, 5) is 23.5. The molecule has 0 atom stereocenters. The third kappa shape index (κ3) is 5.34. The SMILES string of the molecule is CN(Cc1ccc(F)c(F)c1)C(=O)CCCCC(=O)O. The van der Waals surface area contributed by atoms with Crippen LogP contribution in [-0.2, 0) is 16.1 Å². The van der Waals surface area contributed by atoms with Crippen LogP contribution in [0, 0.1) is 11.6 Å². The lowest BCUT2D eigenvalue weighted by Gasteiger charge is -2.17. The lowest BCUT2D eigenvalue weighted by atomic mass is 10.1. The Morgan fingerprint density at radius 2 is 1.80 bits per heavy atom. The first kappa shape index (κ1) is 16.1. The molecule has 1 rings (SSSR count). The Kier molecular flexibility index (Phi) is 6.09. The van der Waals surface area contributed by atoms with Crippen LogP contribution in [0.1, 0.15) is 31.2 Å². The van der Waals surface area contributed by atoms with E-state index >= 15 is 0 Å². The zero-order valence-corrected chi connectivity index (χ0v) is 11.2. The number of carbonyl (C=O) groups is 2. The summed E-state index contributed by atoms with van der Waals surface area (Å²) in [6.45, 7) is 0.189. The zero-order valence-electron chi connectivity index (χ0n) is 11.2. The maximum absolute atomic E-state index is 13.0. The third-order valence-corrected chi connectivity index (χ3v) is 2.86. The largest absolute Gasteiger partial charge is 0.481 e. The number of hydrogen-bond donors (Lipinski definition) is 1. The molecule has 1 aromatic rings. The number of benzene rings is 1. The number of nitrogens with zero attached hydrogens (tertiary/aromatic N) is 1. The van der Waals surface area contributed by atoms with Crippen LogP contribution in [0.3, 0.4) is 0 Å². The monoisotopic (exact) mass is 285 g/mol. The van der Waals surface area contributed by atoms with E-state index in [0.717, 1.165) is 12.1 Å². The van der Waals surface area contributed by atoms with Crippen LogP contribution in [0.2, 0.25) is 0 Å². The van der Waals surface area contributed by atoms with E-state index in [4.69, 9.17) is 5.11 Å². The first-order valence-electron chi connectivity index (χ1n) is 6.30. The number of carboxylic acid groups (broad SMARTS) is 1. The summed E-state index contributed by atoms with van der Waals surface area (Å²) in [5.41, 5.74) is 0.505. The number of hydrogen-bond acceptors (Lipinski definition) is 2. The van der Waals surface area contributed by atoms with Gasteiger partial charge in [-0.25, -0.2) is 8.78 Å². The van der Waals surface area contributed by atoms with E-state index in [2.05, 4.69) is 0 Å². The van der Waals surface area contributed by atoms with Crippen LogP contribution in [0.25, 0.3) is 0 Å². The Bertz CT molecular complexity index is 491. The van der Waals surface area contributed by atoms with Crippen LogP contribution in [0.5, 0.6) is 0 Å². The van der Waals surface area contributed by atoms with Crippen molar-refractivity contribution in [3.8, 4) is 0 Å². The Labute approximate surface area is 116 Å². The molecular weight excluding hydrogens is 268 g/mol. The van der Waals surface area contributed by atoms with Gasteiger partial charge in [-0.3, -0.25) is 9.59 Å². The molecule has 20 heavy (non-hydrogen) atoms. The fourth-order valence-electron chi connectivity index (χ4n) is 1.74. The van der Waals surface area contributed by atoms with Crippen molar-refractivity contribution in [2.75, 3.05) is 7.05 Å². The molecule has 0 bridgehead atoms. The predicted octanol–water partition coefficient (Wildman–Crippen LogP) is 2.57. The Morgan fingerprint density at radius 1 is 1.15 bits per heavy atom. The second-order valence-electron chi connectivity index (χ2n) is 4.60. The minimum Gasteiger partial charge on any atom is -0.481 e. The van der Waals surface area contributed by atoms with Crippen LogP contribution in [0.4, 0.5) is 8.78 Å². The van der Waals surface area contributed by atoms with Crippen molar-refractivity contribution >= 4 is 11.9 Å². The molecule has 0 saturated carbocycles. The molecule has 1 aromatic carbocycles. The highest BCUT2D eigenvalue weighted by Crippen LogP contribution is 2.11. The van der Waals surface area contributed by atoms with Gasteiger partial charge in [0.25, 0.3) is 0 Å². The summed E-state index contributed by atoms with van der Waals surface area (Å²) in [5, 5.41) is 8.47. The lowest BCUT2D eigenvalue weighted by molar-refractivity contribution is -0.137. The molecule has 0 aliphatic heterocycles. The number of unbranched alkanes of at least 4 members (excludes halogenated alkanes) is 1. The molecular formula is C14H17F2NO3. The fourth-order valence-corrected chi connectivity index (χ4v) is 1.74. The van der Waals surface area contributed by atoms with Crippen LogP contribution < -0.4 is 0 Å². The average molecular weight is 285 g/mol. The molecule has 6 heteroatoms. The molecule has 0 aliphatic carbocycles. The molecule has 0 radical (unpaired) electrons. The molecule has 0 spiro atoms. The van der Waals surface area contributed by atoms with Crippen LogP contribution in [0.15, 0.2) is 18.2 Å². The molecule has 0 fully saturated rings. The normalized spacial score (nSPS) is 10.3. The van der Waals surface area contributed by atoms with Gasteiger partial charge < -0.3 is 10.0 Å². The van der Waals surface area contributed by atoms with E-state index in [9.17, 15) is 18.4 Å². The molecule has 0 unspecified atom stereocenters. The van der Waals surface area contributed by atoms with Crippen molar-refractivity contribution < 1.29 is 23.5 Å². The standard InChI is InChI=1S/C14H17F2NO3/c1-17(13(18)4-2-3-5-14(19)20)9-10-6-7-11(15)12(16)8-10/h6-8H,2-5,9H2,1H3,(H,19,20). The van der Waals surface area contributed by atoms with Gasteiger partial charge in [-0.05, 0) is 30.5 Å². The number of aliphatic carboxylic acids is 1. The van der Waals surface area contributed by atoms with Gasteiger partial charge in [0.15, 0.2) is 11.6 Å². The van der Waals surface area contributed by atoms with Gasteiger partial charge in [0.05, 0.1) is 0 Å². The van der Waals surface area contributed by atoms with Crippen molar-refractivity contribution in [3.63, 3.8) is 0 Å². The van der Waals surface area contributed by atoms with Gasteiger partial charge in [0.2, 0.25) is 5.91 Å². The summed E-state index contributed by atoms with van der Waals surface area (Å²) in [6.07, 6.45) is 1.22. The molecule has 0 aliphatic rings. The number of rotatable bonds is 7. The molecule has 0 saturated heterocycles. The second-order valence-corrected chi connectivity index (χ2v) is 4.60. The van der Waals surface area contributed by atoms with E-state index in [-0.39, 0.29) is 25.3 Å². The summed E-state index contributed by atoms with van der Waals surface area (Å²) in [5.74, 6) is -2.89. The Morgan fingerprint density at radius 3 is 2.40 bits per heavy atom. The van der Waals surface area contributed by atoms with E-state index in [1.54, 1.807) is 7.05 Å². The molecule has 4 nitrogen and oxygen atoms in total. The van der Waals surface area contributed by atoms with E-state index in [1.807, 2.05) is 0 Å². The van der Waals surface area contributed by atoms with Gasteiger partial charge in [-0.15, -0.1) is 0 Å². The highest BCUT2D eigenvalue weighted by Gasteiger charge is 2.11. The van der Waals surface area contributed by atoms with Crippen molar-refractivity contribution in [2.45, 2.75) is 32.2 Å². The zero-order chi connectivity index (χ0) is 15.1. The third-order valence-electron chi connectivity index (χ3n) is 2.86. The molecule has 1 N–H and O–H groups in total. The maximum atomic E-state index is 13.0. The average Bonchev–Trinajstić information content (AvgIpc) is 2.38. The second kappa shape index (κ2) is 7.57. The fraction of sp³-hybridized carbons (Fsp3) is 0.429. The first-order chi connectivity index (χ1) is 9.40. The van der Waals surface area contributed by atoms with Crippen molar-refractivity contribution in [2.24, 2.45) is 0 Å². The van der Waals surface area contributed by atoms with Crippen LogP contribution in [-0.4, -0.2) is 28.9 Å². The highest BCUT2D eigenvalue weighted by atomic mass is 19.2. The van der Waals surface area contributed by atoms with Gasteiger partial charge in [-0.2, -0.15) is 0 Å². The Hall–Kier alpha value is -1.98. The molecule has 0 aromatic heterocycles. The van der Waals surface area contributed by atoms with Crippen molar-refractivity contribution in [1.29, 1.82) is 0 Å². The van der Waals surface area contributed by atoms with Crippen LogP contribution >= 0.6 is 0 Å². The Balaban J connectivity index is 2.41. The topological polar surface area (TPSA) is 57.6 Å². The van der Waals surface area contributed by atoms with Gasteiger partial charge in [0, 0.05) is 26.4 Å². The summed E-state index contributed by atoms with van der Waals surface area (Å²) in [7, 11) is 1.57. The van der Waals surface area contributed by atoms with Gasteiger partial charge in [-0.1, -0.05) is 6.07 Å². The summed E-state index contributed by atoms with van der Waals surface area (Å²) in [6, 6.07) is 3.51. The molecule has 110 valence electrons. The summed E-state index contributed by atoms with van der Waals surface area (Å²) < 4.78 is 25.8. The number of carboxylic acids is 1. The minimum atomic E-state index is -0.940. The summed E-state index contributed by atoms with van der Waals surface area (Å²) >= 11 is 0. The van der Waals surface area contributed by atoms with Crippen molar-refractivity contribution in [3.05, 3.63) is 35.4 Å². The van der Waals surface area contributed by atoms with E-state index in [1.165, 1.54) is 11.0 Å². The first-order valence-corrected chi connectivity index (χ1v) is 6.30. The lowest BCUT2D eigenvalue weighted by Crippen LogP contribution is -2.26. The van der Waals surface area contributed by atoms with Gasteiger partial charge >= 0.3 is 5.97 Å². The minimum absolute atomic E-state index is 0.0418. The van der Waals surface area contributed by atoms with Gasteiger partial charge in [0.1, 0.15) is 0 Å².